The second kappa shape index (κ2) is 6.21. The largest absolute Gasteiger partial charge is 0.316 e. The first-order valence-corrected chi connectivity index (χ1v) is 6.96. The van der Waals surface area contributed by atoms with E-state index in [1.807, 2.05) is 19.2 Å². The highest BCUT2D eigenvalue weighted by Crippen LogP contribution is 2.20. The van der Waals surface area contributed by atoms with Gasteiger partial charge in [-0.2, -0.15) is 0 Å². The molecule has 1 aliphatic rings. The Kier molecular flexibility index (Phi) is 4.60. The van der Waals surface area contributed by atoms with E-state index in [1.54, 1.807) is 11.8 Å². The van der Waals surface area contributed by atoms with Crippen molar-refractivity contribution in [1.29, 1.82) is 0 Å². The van der Waals surface area contributed by atoms with Crippen molar-refractivity contribution in [2.45, 2.75) is 31.3 Å². The third-order valence-corrected chi connectivity index (χ3v) is 3.82. The maximum absolute atomic E-state index is 4.39. The third kappa shape index (κ3) is 3.76. The van der Waals surface area contributed by atoms with E-state index in [4.69, 9.17) is 0 Å². The number of thioether (sulfide) groups is 1. The van der Waals surface area contributed by atoms with Crippen LogP contribution in [-0.2, 0) is 0 Å². The third-order valence-electron chi connectivity index (χ3n) is 2.93. The molecule has 88 valence electrons. The van der Waals surface area contributed by atoms with Crippen LogP contribution in [0.1, 0.15) is 25.0 Å². The summed E-state index contributed by atoms with van der Waals surface area (Å²) in [6.07, 6.45) is 5.82. The van der Waals surface area contributed by atoms with E-state index >= 15 is 0 Å². The molecule has 1 aromatic heterocycles. The van der Waals surface area contributed by atoms with E-state index in [-0.39, 0.29) is 0 Å². The monoisotopic (exact) mass is 237 g/mol. The summed E-state index contributed by atoms with van der Waals surface area (Å²) < 4.78 is 0. The Morgan fingerprint density at radius 3 is 3.25 bits per heavy atom. The molecule has 0 spiro atoms. The zero-order valence-corrected chi connectivity index (χ0v) is 10.6. The van der Waals surface area contributed by atoms with E-state index in [2.05, 4.69) is 15.3 Å². The van der Waals surface area contributed by atoms with Crippen LogP contribution in [0.3, 0.4) is 0 Å². The molecule has 0 amide bonds. The summed E-state index contributed by atoms with van der Waals surface area (Å²) >= 11 is 1.78. The van der Waals surface area contributed by atoms with Crippen LogP contribution in [0.25, 0.3) is 0 Å². The number of nitrogens with zero attached hydrogens (tertiary/aromatic N) is 2. The molecule has 1 saturated heterocycles. The Morgan fingerprint density at radius 2 is 2.50 bits per heavy atom. The highest BCUT2D eigenvalue weighted by atomic mass is 32.2. The Labute approximate surface area is 101 Å². The van der Waals surface area contributed by atoms with Gasteiger partial charge in [-0.25, -0.2) is 9.97 Å². The normalized spacial score (nSPS) is 20.9. The maximum atomic E-state index is 4.39. The molecule has 1 N–H and O–H groups in total. The second-order valence-corrected chi connectivity index (χ2v) is 5.39. The van der Waals surface area contributed by atoms with Crippen molar-refractivity contribution in [3.8, 4) is 0 Å². The molecule has 2 rings (SSSR count). The number of hydrogen-bond acceptors (Lipinski definition) is 4. The number of hydrogen-bond donors (Lipinski definition) is 1. The fourth-order valence-electron chi connectivity index (χ4n) is 1.98. The van der Waals surface area contributed by atoms with Crippen LogP contribution in [0.5, 0.6) is 0 Å². The van der Waals surface area contributed by atoms with Crippen molar-refractivity contribution in [3.05, 3.63) is 18.0 Å². The smallest absolute Gasteiger partial charge is 0.187 e. The zero-order chi connectivity index (χ0) is 11.2. The van der Waals surface area contributed by atoms with Crippen LogP contribution in [0.2, 0.25) is 0 Å². The van der Waals surface area contributed by atoms with Crippen LogP contribution in [0.15, 0.2) is 17.4 Å². The highest BCUT2D eigenvalue weighted by Gasteiger charge is 2.12. The van der Waals surface area contributed by atoms with Gasteiger partial charge in [-0.05, 0) is 51.3 Å². The van der Waals surface area contributed by atoms with E-state index in [0.717, 1.165) is 22.5 Å². The zero-order valence-electron chi connectivity index (χ0n) is 9.78. The van der Waals surface area contributed by atoms with Gasteiger partial charge in [-0.15, -0.1) is 0 Å². The van der Waals surface area contributed by atoms with Gasteiger partial charge in [0.2, 0.25) is 0 Å². The summed E-state index contributed by atoms with van der Waals surface area (Å²) in [5.41, 5.74) is 1.05. The standard InChI is InChI=1S/C12H19N3S/c1-10-4-7-14-12(15-10)16-8-5-11-3-2-6-13-9-11/h4,7,11,13H,2-3,5-6,8-9H2,1H3. The first-order valence-electron chi connectivity index (χ1n) is 5.98. The van der Waals surface area contributed by atoms with Crippen molar-refractivity contribution < 1.29 is 0 Å². The fraction of sp³-hybridized carbons (Fsp3) is 0.667. The van der Waals surface area contributed by atoms with Crippen molar-refractivity contribution in [3.63, 3.8) is 0 Å². The summed E-state index contributed by atoms with van der Waals surface area (Å²) in [5.74, 6) is 1.99. The maximum Gasteiger partial charge on any atom is 0.187 e. The van der Waals surface area contributed by atoms with Crippen LogP contribution in [0.4, 0.5) is 0 Å². The molecule has 16 heavy (non-hydrogen) atoms. The average Bonchev–Trinajstić information content (AvgIpc) is 2.30. The lowest BCUT2D eigenvalue weighted by atomic mass is 9.97. The average molecular weight is 237 g/mol. The quantitative estimate of drug-likeness (QED) is 0.644. The molecule has 1 aliphatic heterocycles. The molecule has 0 aliphatic carbocycles. The SMILES string of the molecule is Cc1ccnc(SCCC2CCCNC2)n1. The Hall–Kier alpha value is -0.610. The second-order valence-electron chi connectivity index (χ2n) is 4.33. The topological polar surface area (TPSA) is 37.8 Å². The van der Waals surface area contributed by atoms with Crippen molar-refractivity contribution in [2.75, 3.05) is 18.8 Å². The molecule has 1 unspecified atom stereocenters. The Bertz CT molecular complexity index is 324. The number of nitrogens with one attached hydrogen (secondary N) is 1. The first-order chi connectivity index (χ1) is 7.84. The predicted molar refractivity (Wildman–Crippen MR) is 67.7 cm³/mol. The predicted octanol–water partition coefficient (Wildman–Crippen LogP) is 2.27. The number of aryl methyl sites for hydroxylation is 1. The van der Waals surface area contributed by atoms with Gasteiger partial charge in [0.1, 0.15) is 0 Å². The molecule has 0 radical (unpaired) electrons. The molecule has 2 heterocycles. The summed E-state index contributed by atoms with van der Waals surface area (Å²) in [6.45, 7) is 4.40. The minimum atomic E-state index is 0.853. The van der Waals surface area contributed by atoms with E-state index in [0.29, 0.717) is 0 Å². The van der Waals surface area contributed by atoms with Crippen LogP contribution >= 0.6 is 11.8 Å². The van der Waals surface area contributed by atoms with Crippen LogP contribution in [0, 0.1) is 12.8 Å². The van der Waals surface area contributed by atoms with Crippen LogP contribution < -0.4 is 5.32 Å². The van der Waals surface area contributed by atoms with Gasteiger partial charge in [-0.1, -0.05) is 11.8 Å². The minimum Gasteiger partial charge on any atom is -0.316 e. The molecule has 0 aromatic carbocycles. The minimum absolute atomic E-state index is 0.853. The van der Waals surface area contributed by atoms with E-state index in [9.17, 15) is 0 Å². The van der Waals surface area contributed by atoms with Gasteiger partial charge in [-0.3, -0.25) is 0 Å². The highest BCUT2D eigenvalue weighted by molar-refractivity contribution is 7.99. The number of rotatable bonds is 4. The lowest BCUT2D eigenvalue weighted by Gasteiger charge is -2.22. The summed E-state index contributed by atoms with van der Waals surface area (Å²) in [4.78, 5) is 8.65. The van der Waals surface area contributed by atoms with Gasteiger partial charge in [0.05, 0.1) is 0 Å². The van der Waals surface area contributed by atoms with Gasteiger partial charge < -0.3 is 5.32 Å². The molecule has 1 atom stereocenters. The van der Waals surface area contributed by atoms with E-state index in [1.165, 1.54) is 32.4 Å². The number of aromatic nitrogens is 2. The first kappa shape index (κ1) is 11.9. The molecule has 4 heteroatoms. The van der Waals surface area contributed by atoms with E-state index < -0.39 is 0 Å². The van der Waals surface area contributed by atoms with Crippen molar-refractivity contribution in [2.24, 2.45) is 5.92 Å². The lowest BCUT2D eigenvalue weighted by molar-refractivity contribution is 0.371. The fourth-order valence-corrected chi connectivity index (χ4v) is 2.96. The van der Waals surface area contributed by atoms with Gasteiger partial charge in [0.15, 0.2) is 5.16 Å². The molecular formula is C12H19N3S. The van der Waals surface area contributed by atoms with Crippen molar-refractivity contribution >= 4 is 11.8 Å². The van der Waals surface area contributed by atoms with Gasteiger partial charge >= 0.3 is 0 Å². The Morgan fingerprint density at radius 1 is 1.56 bits per heavy atom. The van der Waals surface area contributed by atoms with Crippen molar-refractivity contribution in [1.82, 2.24) is 15.3 Å². The summed E-state index contributed by atoms with van der Waals surface area (Å²) in [7, 11) is 0. The lowest BCUT2D eigenvalue weighted by Crippen LogP contribution is -2.29. The molecule has 0 bridgehead atoms. The van der Waals surface area contributed by atoms with Gasteiger partial charge in [0, 0.05) is 17.6 Å². The molecule has 0 saturated carbocycles. The molecular weight excluding hydrogens is 218 g/mol. The molecule has 3 nitrogen and oxygen atoms in total. The summed E-state index contributed by atoms with van der Waals surface area (Å²) in [6, 6.07) is 1.94. The van der Waals surface area contributed by atoms with Gasteiger partial charge in [0.25, 0.3) is 0 Å². The summed E-state index contributed by atoms with van der Waals surface area (Å²) in [5, 5.41) is 4.37. The molecule has 1 aromatic rings. The molecule has 1 fully saturated rings. The number of piperidine rings is 1. The Balaban J connectivity index is 1.71. The van der Waals surface area contributed by atoms with Crippen LogP contribution in [-0.4, -0.2) is 28.8 Å².